The molecule has 0 aliphatic carbocycles. The van der Waals surface area contributed by atoms with Gasteiger partial charge in [0.1, 0.15) is 0 Å². The lowest BCUT2D eigenvalue weighted by molar-refractivity contribution is 0.570. The van der Waals surface area contributed by atoms with E-state index >= 15 is 0 Å². The summed E-state index contributed by atoms with van der Waals surface area (Å²) in [4.78, 5) is 20.5. The van der Waals surface area contributed by atoms with Gasteiger partial charge in [0.2, 0.25) is 10.0 Å². The molecule has 122 valence electrons. The van der Waals surface area contributed by atoms with Gasteiger partial charge < -0.3 is 4.90 Å². The van der Waals surface area contributed by atoms with E-state index in [0.29, 0.717) is 15.7 Å². The van der Waals surface area contributed by atoms with Crippen LogP contribution in [0.3, 0.4) is 0 Å². The van der Waals surface area contributed by atoms with E-state index in [-0.39, 0.29) is 0 Å². The van der Waals surface area contributed by atoms with Gasteiger partial charge >= 0.3 is 5.69 Å². The van der Waals surface area contributed by atoms with Crippen molar-refractivity contribution in [2.75, 3.05) is 14.1 Å². The highest BCUT2D eigenvalue weighted by atomic mass is 32.2. The summed E-state index contributed by atoms with van der Waals surface area (Å²) < 4.78 is 38.7. The fourth-order valence-corrected chi connectivity index (χ4v) is 3.01. The average molecular weight is 338 g/mol. The van der Waals surface area contributed by atoms with E-state index in [1.165, 1.54) is 11.2 Å². The minimum absolute atomic E-state index is 0.296. The van der Waals surface area contributed by atoms with Crippen LogP contribution in [0.15, 0.2) is 46.3 Å². The molecule has 0 atom stereocenters. The van der Waals surface area contributed by atoms with Crippen molar-refractivity contribution in [2.45, 2.75) is 5.75 Å². The van der Waals surface area contributed by atoms with Crippen molar-refractivity contribution in [2.24, 2.45) is 4.99 Å². The first kappa shape index (κ1) is 16.8. The predicted octanol–water partition coefficient (Wildman–Crippen LogP) is 0.982. The summed E-state index contributed by atoms with van der Waals surface area (Å²) in [6.45, 7) is 0. The molecule has 0 aliphatic rings. The van der Waals surface area contributed by atoms with Crippen LogP contribution in [0, 0.1) is 5.82 Å². The zero-order valence-electron chi connectivity index (χ0n) is 12.5. The van der Waals surface area contributed by atoms with E-state index in [1.54, 1.807) is 44.4 Å². The van der Waals surface area contributed by atoms with Gasteiger partial charge in [-0.25, -0.2) is 22.6 Å². The average Bonchev–Trinajstić information content (AvgIpc) is 2.48. The van der Waals surface area contributed by atoms with Gasteiger partial charge in [0.15, 0.2) is 11.6 Å². The first-order valence-electron chi connectivity index (χ1n) is 6.56. The predicted molar refractivity (Wildman–Crippen MR) is 84.8 cm³/mol. The number of hydrogen-bond acceptors (Lipinski definition) is 5. The van der Waals surface area contributed by atoms with Crippen LogP contribution in [0.1, 0.15) is 5.56 Å². The number of hydrogen-bond donors (Lipinski definition) is 0. The molecule has 0 unspecified atom stereocenters. The van der Waals surface area contributed by atoms with Crippen LogP contribution < -0.4 is 5.69 Å². The molecule has 0 N–H and O–H groups in total. The molecule has 0 spiro atoms. The third-order valence-corrected chi connectivity index (χ3v) is 4.30. The molecule has 0 radical (unpaired) electrons. The standard InChI is InChI=1S/C14H15FN4O3S/c1-18(2)10-16-13-12(15)8-19(14(20)17-13)23(21,22)9-11-6-4-3-5-7-11/h3-8,10H,9H2,1-2H3/b16-10+. The van der Waals surface area contributed by atoms with Gasteiger partial charge in [-0.2, -0.15) is 8.96 Å². The fraction of sp³-hybridized carbons (Fsp3) is 0.214. The fourth-order valence-electron chi connectivity index (χ4n) is 1.72. The van der Waals surface area contributed by atoms with E-state index in [9.17, 15) is 17.6 Å². The third kappa shape index (κ3) is 4.22. The Kier molecular flexibility index (Phi) is 4.89. The summed E-state index contributed by atoms with van der Waals surface area (Å²) in [5.41, 5.74) is -0.622. The van der Waals surface area contributed by atoms with Crippen LogP contribution >= 0.6 is 0 Å². The summed E-state index contributed by atoms with van der Waals surface area (Å²) in [6.07, 6.45) is 1.85. The van der Waals surface area contributed by atoms with Crippen LogP contribution in [0.5, 0.6) is 0 Å². The van der Waals surface area contributed by atoms with E-state index in [1.807, 2.05) is 0 Å². The van der Waals surface area contributed by atoms with Gasteiger partial charge in [-0.15, -0.1) is 0 Å². The van der Waals surface area contributed by atoms with Crippen LogP contribution in [-0.2, 0) is 15.8 Å². The lowest BCUT2D eigenvalue weighted by Gasteiger charge is -2.08. The van der Waals surface area contributed by atoms with Gasteiger partial charge in [-0.3, -0.25) is 0 Å². The molecule has 23 heavy (non-hydrogen) atoms. The van der Waals surface area contributed by atoms with Gasteiger partial charge in [0.05, 0.1) is 18.3 Å². The third-order valence-electron chi connectivity index (χ3n) is 2.74. The minimum atomic E-state index is -4.08. The summed E-state index contributed by atoms with van der Waals surface area (Å²) in [6, 6.07) is 8.28. The molecule has 0 bridgehead atoms. The lowest BCUT2D eigenvalue weighted by Crippen LogP contribution is -2.30. The molecular weight excluding hydrogens is 323 g/mol. The van der Waals surface area contributed by atoms with Crippen molar-refractivity contribution in [3.8, 4) is 0 Å². The number of aliphatic imine (C=N–C) groups is 1. The molecule has 7 nitrogen and oxygen atoms in total. The zero-order valence-corrected chi connectivity index (χ0v) is 13.4. The second-order valence-electron chi connectivity index (χ2n) is 4.94. The van der Waals surface area contributed by atoms with Crippen molar-refractivity contribution < 1.29 is 12.8 Å². The molecule has 1 aromatic heterocycles. The molecule has 2 aromatic rings. The molecule has 9 heteroatoms. The Bertz CT molecular complexity index is 877. The topological polar surface area (TPSA) is 84.6 Å². The lowest BCUT2D eigenvalue weighted by atomic mass is 10.2. The highest BCUT2D eigenvalue weighted by Gasteiger charge is 2.19. The van der Waals surface area contributed by atoms with Crippen molar-refractivity contribution in [1.29, 1.82) is 0 Å². The molecule has 1 heterocycles. The van der Waals surface area contributed by atoms with Gasteiger partial charge in [0.25, 0.3) is 0 Å². The zero-order chi connectivity index (χ0) is 17.0. The van der Waals surface area contributed by atoms with Crippen molar-refractivity contribution >= 4 is 22.2 Å². The largest absolute Gasteiger partial charge is 0.369 e. The maximum absolute atomic E-state index is 13.9. The highest BCUT2D eigenvalue weighted by Crippen LogP contribution is 2.13. The number of aromatic nitrogens is 2. The Labute approximate surface area is 132 Å². The van der Waals surface area contributed by atoms with Crippen molar-refractivity contribution in [3.63, 3.8) is 0 Å². The second-order valence-corrected chi connectivity index (χ2v) is 6.79. The molecule has 0 aliphatic heterocycles. The Morgan fingerprint density at radius 1 is 1.30 bits per heavy atom. The quantitative estimate of drug-likeness (QED) is 0.599. The maximum Gasteiger partial charge on any atom is 0.363 e. The van der Waals surface area contributed by atoms with Crippen LogP contribution in [0.25, 0.3) is 0 Å². The first-order valence-corrected chi connectivity index (χ1v) is 8.17. The Morgan fingerprint density at radius 3 is 2.57 bits per heavy atom. The molecule has 0 saturated heterocycles. The Balaban J connectivity index is 2.40. The summed E-state index contributed by atoms with van der Waals surface area (Å²) in [5.74, 6) is -1.90. The Hall–Kier alpha value is -2.55. The first-order chi connectivity index (χ1) is 10.8. The summed E-state index contributed by atoms with van der Waals surface area (Å²) in [5, 5.41) is 0. The minimum Gasteiger partial charge on any atom is -0.369 e. The van der Waals surface area contributed by atoms with Gasteiger partial charge in [-0.1, -0.05) is 30.3 Å². The molecule has 0 saturated carbocycles. The molecular formula is C14H15FN4O3S. The number of benzene rings is 1. The van der Waals surface area contributed by atoms with Gasteiger partial charge in [-0.05, 0) is 5.56 Å². The SMILES string of the molecule is CN(C)/C=N/c1nc(=O)n(S(=O)(=O)Cc2ccccc2)cc1F. The Morgan fingerprint density at radius 2 is 1.96 bits per heavy atom. The molecule has 1 aromatic carbocycles. The highest BCUT2D eigenvalue weighted by molar-refractivity contribution is 7.89. The van der Waals surface area contributed by atoms with Gasteiger partial charge in [0, 0.05) is 14.1 Å². The van der Waals surface area contributed by atoms with E-state index in [0.717, 1.165) is 0 Å². The smallest absolute Gasteiger partial charge is 0.363 e. The molecule has 0 fully saturated rings. The van der Waals surface area contributed by atoms with Crippen molar-refractivity contribution in [3.05, 3.63) is 58.4 Å². The molecule has 0 amide bonds. The summed E-state index contributed by atoms with van der Waals surface area (Å²) >= 11 is 0. The maximum atomic E-state index is 13.9. The summed E-state index contributed by atoms with van der Waals surface area (Å²) in [7, 11) is -0.756. The number of rotatable bonds is 5. The van der Waals surface area contributed by atoms with Crippen LogP contribution in [0.2, 0.25) is 0 Å². The molecule has 2 rings (SSSR count). The number of nitrogens with zero attached hydrogens (tertiary/aromatic N) is 4. The number of halogens is 1. The van der Waals surface area contributed by atoms with Crippen molar-refractivity contribution in [1.82, 2.24) is 13.9 Å². The second kappa shape index (κ2) is 6.69. The van der Waals surface area contributed by atoms with E-state index in [2.05, 4.69) is 9.98 Å². The van der Waals surface area contributed by atoms with Crippen LogP contribution in [-0.4, -0.2) is 42.7 Å². The van der Waals surface area contributed by atoms with E-state index < -0.39 is 33.1 Å². The van der Waals surface area contributed by atoms with Crippen LogP contribution in [0.4, 0.5) is 10.2 Å². The monoisotopic (exact) mass is 338 g/mol. The normalized spacial score (nSPS) is 11.8. The van der Waals surface area contributed by atoms with E-state index in [4.69, 9.17) is 0 Å².